The minimum atomic E-state index is -0.0848. The van der Waals surface area contributed by atoms with Gasteiger partial charge in [-0.3, -0.25) is 0 Å². The lowest BCUT2D eigenvalue weighted by Gasteiger charge is -2.27. The molecule has 0 saturated carbocycles. The van der Waals surface area contributed by atoms with Crippen molar-refractivity contribution >= 4 is 23.1 Å². The second-order valence-corrected chi connectivity index (χ2v) is 7.49. The third-order valence-corrected chi connectivity index (χ3v) is 5.38. The molecular weight excluding hydrogens is 318 g/mol. The Balaban J connectivity index is 1.44. The topological polar surface area (TPSA) is 44.4 Å². The maximum Gasteiger partial charge on any atom is 0.315 e. The summed E-state index contributed by atoms with van der Waals surface area (Å²) in [5.74, 6) is 0. The molecule has 2 amide bonds. The van der Waals surface area contributed by atoms with E-state index in [0.29, 0.717) is 6.54 Å². The molecule has 0 saturated heterocycles. The van der Waals surface area contributed by atoms with Crippen molar-refractivity contribution in [1.82, 2.24) is 10.6 Å². The molecule has 1 aromatic heterocycles. The third-order valence-electron chi connectivity index (χ3n) is 4.48. The highest BCUT2D eigenvalue weighted by Gasteiger charge is 2.23. The van der Waals surface area contributed by atoms with E-state index in [-0.39, 0.29) is 18.1 Å². The predicted molar refractivity (Wildman–Crippen MR) is 101 cm³/mol. The molecule has 2 unspecified atom stereocenters. The molecule has 4 nitrogen and oxygen atoms in total. The summed E-state index contributed by atoms with van der Waals surface area (Å²) in [6, 6.07) is 13.0. The highest BCUT2D eigenvalue weighted by Crippen LogP contribution is 2.28. The Morgan fingerprint density at radius 2 is 2.08 bits per heavy atom. The van der Waals surface area contributed by atoms with Crippen LogP contribution in [-0.4, -0.2) is 31.2 Å². The minimum Gasteiger partial charge on any atom is -0.366 e. The van der Waals surface area contributed by atoms with E-state index in [1.54, 1.807) is 11.3 Å². The molecule has 0 bridgehead atoms. The van der Waals surface area contributed by atoms with Crippen molar-refractivity contribution in [3.63, 3.8) is 0 Å². The van der Waals surface area contributed by atoms with Crippen LogP contribution in [0.25, 0.3) is 0 Å². The normalized spacial score (nSPS) is 15.7. The highest BCUT2D eigenvalue weighted by atomic mass is 32.1. The van der Waals surface area contributed by atoms with Gasteiger partial charge in [-0.2, -0.15) is 0 Å². The first-order chi connectivity index (χ1) is 11.6. The molecule has 128 valence electrons. The molecule has 0 fully saturated rings. The number of fused-ring (bicyclic) bond motifs is 1. The lowest BCUT2D eigenvalue weighted by atomic mass is 10.2. The summed E-state index contributed by atoms with van der Waals surface area (Å²) in [6.45, 7) is 5.88. The number of nitrogens with one attached hydrogen (secondary N) is 2. The molecule has 3 rings (SSSR count). The summed E-state index contributed by atoms with van der Waals surface area (Å²) in [4.78, 5) is 15.8. The number of thiophene rings is 1. The second-order valence-electron chi connectivity index (χ2n) is 6.46. The van der Waals surface area contributed by atoms with Crippen LogP contribution in [0.2, 0.25) is 0 Å². The van der Waals surface area contributed by atoms with E-state index in [0.717, 1.165) is 19.4 Å². The standard InChI is InChI=1S/C19H25N3OS/c1-14(12-17-7-5-11-24-17)21-19(23)20-13-15(2)22-10-9-16-6-3-4-8-18(16)22/h3-8,11,14-15H,9-10,12-13H2,1-2H3,(H2,20,21,23). The van der Waals surface area contributed by atoms with Crippen LogP contribution < -0.4 is 15.5 Å². The van der Waals surface area contributed by atoms with Crippen molar-refractivity contribution in [3.8, 4) is 0 Å². The first-order valence-corrected chi connectivity index (χ1v) is 9.42. The zero-order valence-electron chi connectivity index (χ0n) is 14.3. The number of rotatable bonds is 6. The molecule has 0 aliphatic carbocycles. The van der Waals surface area contributed by atoms with Gasteiger partial charge in [-0.1, -0.05) is 24.3 Å². The summed E-state index contributed by atoms with van der Waals surface area (Å²) in [7, 11) is 0. The number of hydrogen-bond acceptors (Lipinski definition) is 3. The van der Waals surface area contributed by atoms with Gasteiger partial charge in [0, 0.05) is 42.2 Å². The van der Waals surface area contributed by atoms with Crippen LogP contribution in [0.3, 0.4) is 0 Å². The van der Waals surface area contributed by atoms with E-state index in [4.69, 9.17) is 0 Å². The fourth-order valence-electron chi connectivity index (χ4n) is 3.23. The van der Waals surface area contributed by atoms with Crippen LogP contribution in [0.1, 0.15) is 24.3 Å². The molecule has 5 heteroatoms. The van der Waals surface area contributed by atoms with Crippen molar-refractivity contribution in [2.75, 3.05) is 18.0 Å². The predicted octanol–water partition coefficient (Wildman–Crippen LogP) is 3.43. The van der Waals surface area contributed by atoms with Gasteiger partial charge in [-0.15, -0.1) is 11.3 Å². The summed E-state index contributed by atoms with van der Waals surface area (Å²) < 4.78 is 0. The fraction of sp³-hybridized carbons (Fsp3) is 0.421. The van der Waals surface area contributed by atoms with E-state index in [1.165, 1.54) is 16.1 Å². The van der Waals surface area contributed by atoms with Crippen LogP contribution in [0.15, 0.2) is 41.8 Å². The summed E-state index contributed by atoms with van der Waals surface area (Å²) in [5.41, 5.74) is 2.71. The Bertz CT molecular complexity index is 671. The fourth-order valence-corrected chi connectivity index (χ4v) is 4.06. The lowest BCUT2D eigenvalue weighted by molar-refractivity contribution is 0.237. The van der Waals surface area contributed by atoms with Crippen molar-refractivity contribution in [3.05, 3.63) is 52.2 Å². The van der Waals surface area contributed by atoms with Crippen LogP contribution >= 0.6 is 11.3 Å². The van der Waals surface area contributed by atoms with E-state index in [1.807, 2.05) is 13.0 Å². The lowest BCUT2D eigenvalue weighted by Crippen LogP contribution is -2.47. The molecule has 24 heavy (non-hydrogen) atoms. The Labute approximate surface area is 147 Å². The molecule has 1 aliphatic rings. The number of amides is 2. The smallest absolute Gasteiger partial charge is 0.315 e. The SMILES string of the molecule is CC(Cc1cccs1)NC(=O)NCC(C)N1CCc2ccccc21. The molecule has 1 aromatic carbocycles. The van der Waals surface area contributed by atoms with Crippen LogP contribution in [0.4, 0.5) is 10.5 Å². The maximum atomic E-state index is 12.1. The summed E-state index contributed by atoms with van der Waals surface area (Å²) >= 11 is 1.73. The van der Waals surface area contributed by atoms with Gasteiger partial charge in [0.05, 0.1) is 0 Å². The van der Waals surface area contributed by atoms with E-state index in [2.05, 4.69) is 58.2 Å². The van der Waals surface area contributed by atoms with Gasteiger partial charge >= 0.3 is 6.03 Å². The molecular formula is C19H25N3OS. The average molecular weight is 343 g/mol. The number of urea groups is 1. The number of para-hydroxylation sites is 1. The zero-order chi connectivity index (χ0) is 16.9. The molecule has 2 N–H and O–H groups in total. The summed E-state index contributed by atoms with van der Waals surface area (Å²) in [5, 5.41) is 8.10. The zero-order valence-corrected chi connectivity index (χ0v) is 15.1. The summed E-state index contributed by atoms with van der Waals surface area (Å²) in [6.07, 6.45) is 1.96. The van der Waals surface area contributed by atoms with Crippen LogP contribution in [-0.2, 0) is 12.8 Å². The van der Waals surface area contributed by atoms with E-state index >= 15 is 0 Å². The van der Waals surface area contributed by atoms with Gasteiger partial charge in [0.25, 0.3) is 0 Å². The Hall–Kier alpha value is -2.01. The number of anilines is 1. The Kier molecular flexibility index (Phi) is 5.41. The second kappa shape index (κ2) is 7.71. The average Bonchev–Trinajstić information content (AvgIpc) is 3.21. The molecule has 0 radical (unpaired) electrons. The van der Waals surface area contributed by atoms with Crippen molar-refractivity contribution < 1.29 is 4.79 Å². The molecule has 2 heterocycles. The number of carbonyl (C=O) groups excluding carboxylic acids is 1. The Morgan fingerprint density at radius 1 is 1.25 bits per heavy atom. The number of benzene rings is 1. The van der Waals surface area contributed by atoms with Crippen molar-refractivity contribution in [2.24, 2.45) is 0 Å². The quantitative estimate of drug-likeness (QED) is 0.844. The monoisotopic (exact) mass is 343 g/mol. The largest absolute Gasteiger partial charge is 0.366 e. The molecule has 1 aliphatic heterocycles. The van der Waals surface area contributed by atoms with E-state index < -0.39 is 0 Å². The number of carbonyl (C=O) groups is 1. The van der Waals surface area contributed by atoms with Gasteiger partial charge in [-0.25, -0.2) is 4.79 Å². The van der Waals surface area contributed by atoms with Gasteiger partial charge < -0.3 is 15.5 Å². The number of nitrogens with zero attached hydrogens (tertiary/aromatic N) is 1. The maximum absolute atomic E-state index is 12.1. The Morgan fingerprint density at radius 3 is 2.88 bits per heavy atom. The first kappa shape index (κ1) is 16.8. The van der Waals surface area contributed by atoms with Gasteiger partial charge in [0.1, 0.15) is 0 Å². The van der Waals surface area contributed by atoms with Crippen molar-refractivity contribution in [1.29, 1.82) is 0 Å². The third kappa shape index (κ3) is 4.09. The highest BCUT2D eigenvalue weighted by molar-refractivity contribution is 7.09. The van der Waals surface area contributed by atoms with Gasteiger partial charge in [0.2, 0.25) is 0 Å². The van der Waals surface area contributed by atoms with Crippen LogP contribution in [0, 0.1) is 0 Å². The van der Waals surface area contributed by atoms with Crippen LogP contribution in [0.5, 0.6) is 0 Å². The van der Waals surface area contributed by atoms with Gasteiger partial charge in [0.15, 0.2) is 0 Å². The first-order valence-electron chi connectivity index (χ1n) is 8.55. The molecule has 2 aromatic rings. The van der Waals surface area contributed by atoms with E-state index in [9.17, 15) is 4.79 Å². The number of hydrogen-bond donors (Lipinski definition) is 2. The molecule has 0 spiro atoms. The van der Waals surface area contributed by atoms with Crippen molar-refractivity contribution in [2.45, 2.75) is 38.8 Å². The molecule has 2 atom stereocenters. The minimum absolute atomic E-state index is 0.0848. The van der Waals surface area contributed by atoms with Gasteiger partial charge in [-0.05, 0) is 43.3 Å².